The molecular formula is C26H21Cl2N3O3. The maximum absolute atomic E-state index is 13.2. The van der Waals surface area contributed by atoms with Gasteiger partial charge in [0, 0.05) is 12.1 Å². The van der Waals surface area contributed by atoms with Gasteiger partial charge in [0.15, 0.2) is 0 Å². The van der Waals surface area contributed by atoms with E-state index in [4.69, 9.17) is 23.2 Å². The molecule has 0 atom stereocenters. The second-order valence-corrected chi connectivity index (χ2v) is 8.37. The van der Waals surface area contributed by atoms with Crippen molar-refractivity contribution in [3.63, 3.8) is 0 Å². The van der Waals surface area contributed by atoms with Crippen molar-refractivity contribution < 1.29 is 9.90 Å². The van der Waals surface area contributed by atoms with Crippen molar-refractivity contribution in [2.75, 3.05) is 6.54 Å². The number of halogens is 2. The van der Waals surface area contributed by atoms with E-state index in [0.717, 1.165) is 5.56 Å². The molecule has 1 heterocycles. The van der Waals surface area contributed by atoms with E-state index < -0.39 is 0 Å². The van der Waals surface area contributed by atoms with Crippen LogP contribution in [0.3, 0.4) is 0 Å². The molecule has 172 valence electrons. The average Bonchev–Trinajstić information content (AvgIpc) is 2.85. The molecule has 0 aliphatic rings. The monoisotopic (exact) mass is 493 g/mol. The summed E-state index contributed by atoms with van der Waals surface area (Å²) in [4.78, 5) is 25.6. The fourth-order valence-electron chi connectivity index (χ4n) is 3.63. The minimum Gasteiger partial charge on any atom is -0.392 e. The predicted octanol–water partition coefficient (Wildman–Crippen LogP) is 4.67. The first kappa shape index (κ1) is 23.7. The lowest BCUT2D eigenvalue weighted by Gasteiger charge is -2.12. The molecule has 4 aromatic rings. The number of carbonyl (C=O) groups is 1. The summed E-state index contributed by atoms with van der Waals surface area (Å²) < 4.78 is 1.32. The standard InChI is InChI=1S/C26H21Cl2N3O3/c27-21-7-4-8-22(28)24(21)25(33)29-14-13-17-9-11-18(12-10-17)23-19(16-32)15-30-31(26(23)34)20-5-2-1-3-6-20/h1-12,15,32H,13-14,16H2,(H,29,33). The molecule has 4 rings (SSSR count). The molecule has 1 amide bonds. The molecule has 2 N–H and O–H groups in total. The van der Waals surface area contributed by atoms with E-state index >= 15 is 0 Å². The quantitative estimate of drug-likeness (QED) is 0.391. The fourth-order valence-corrected chi connectivity index (χ4v) is 4.20. The number of nitrogens with zero attached hydrogens (tertiary/aromatic N) is 2. The van der Waals surface area contributed by atoms with Crippen LogP contribution in [0.1, 0.15) is 21.5 Å². The van der Waals surface area contributed by atoms with E-state index in [-0.39, 0.29) is 23.6 Å². The Morgan fingerprint density at radius 2 is 1.62 bits per heavy atom. The first-order valence-corrected chi connectivity index (χ1v) is 11.3. The van der Waals surface area contributed by atoms with Gasteiger partial charge in [-0.15, -0.1) is 0 Å². The molecule has 0 saturated carbocycles. The molecule has 0 spiro atoms. The van der Waals surface area contributed by atoms with Gasteiger partial charge >= 0.3 is 0 Å². The molecule has 0 unspecified atom stereocenters. The maximum Gasteiger partial charge on any atom is 0.279 e. The predicted molar refractivity (Wildman–Crippen MR) is 134 cm³/mol. The van der Waals surface area contributed by atoms with Gasteiger partial charge in [-0.05, 0) is 41.8 Å². The largest absolute Gasteiger partial charge is 0.392 e. The van der Waals surface area contributed by atoms with Gasteiger partial charge in [0.05, 0.1) is 39.7 Å². The van der Waals surface area contributed by atoms with Crippen LogP contribution in [0.5, 0.6) is 0 Å². The number of rotatable bonds is 7. The Morgan fingerprint density at radius 3 is 2.26 bits per heavy atom. The highest BCUT2D eigenvalue weighted by Gasteiger charge is 2.15. The zero-order valence-electron chi connectivity index (χ0n) is 18.0. The highest BCUT2D eigenvalue weighted by Crippen LogP contribution is 2.24. The summed E-state index contributed by atoms with van der Waals surface area (Å²) in [5.41, 5.74) is 3.08. The van der Waals surface area contributed by atoms with E-state index in [9.17, 15) is 14.7 Å². The van der Waals surface area contributed by atoms with Gasteiger partial charge in [-0.2, -0.15) is 9.78 Å². The molecule has 1 aromatic heterocycles. The van der Waals surface area contributed by atoms with E-state index in [0.29, 0.717) is 45.4 Å². The minimum atomic E-state index is -0.335. The lowest BCUT2D eigenvalue weighted by molar-refractivity contribution is 0.0954. The number of carbonyl (C=O) groups excluding carboxylic acids is 1. The Bertz CT molecular complexity index is 1350. The van der Waals surface area contributed by atoms with Crippen LogP contribution in [-0.2, 0) is 13.0 Å². The Kier molecular flexibility index (Phi) is 7.43. The molecule has 34 heavy (non-hydrogen) atoms. The van der Waals surface area contributed by atoms with Gasteiger partial charge in [0.1, 0.15) is 0 Å². The summed E-state index contributed by atoms with van der Waals surface area (Å²) in [5, 5.41) is 17.4. The number of hydrogen-bond acceptors (Lipinski definition) is 4. The van der Waals surface area contributed by atoms with Gasteiger partial charge in [0.25, 0.3) is 11.5 Å². The Hall–Kier alpha value is -3.45. The number of hydrogen-bond donors (Lipinski definition) is 2. The summed E-state index contributed by atoms with van der Waals surface area (Å²) >= 11 is 12.2. The third-order valence-corrected chi connectivity index (χ3v) is 5.99. The number of para-hydroxylation sites is 1. The number of benzene rings is 3. The smallest absolute Gasteiger partial charge is 0.279 e. The van der Waals surface area contributed by atoms with Crippen molar-refractivity contribution >= 4 is 29.1 Å². The van der Waals surface area contributed by atoms with Crippen LogP contribution >= 0.6 is 23.2 Å². The molecule has 6 nitrogen and oxygen atoms in total. The van der Waals surface area contributed by atoms with Gasteiger partial charge in [-0.25, -0.2) is 0 Å². The molecule has 0 aliphatic heterocycles. The molecule has 8 heteroatoms. The third kappa shape index (κ3) is 5.04. The number of aliphatic hydroxyl groups is 1. The van der Waals surface area contributed by atoms with Crippen molar-refractivity contribution in [2.24, 2.45) is 0 Å². The SMILES string of the molecule is O=C(NCCc1ccc(-c2c(CO)cnn(-c3ccccc3)c2=O)cc1)c1c(Cl)cccc1Cl. The van der Waals surface area contributed by atoms with E-state index in [1.165, 1.54) is 10.9 Å². The first-order chi connectivity index (χ1) is 16.5. The summed E-state index contributed by atoms with van der Waals surface area (Å²) in [6.45, 7) is 0.0866. The van der Waals surface area contributed by atoms with E-state index in [1.807, 2.05) is 42.5 Å². The first-order valence-electron chi connectivity index (χ1n) is 10.6. The number of aliphatic hydroxyl groups excluding tert-OH is 1. The minimum absolute atomic E-state index is 0.255. The number of nitrogens with one attached hydrogen (secondary N) is 1. The highest BCUT2D eigenvalue weighted by molar-refractivity contribution is 6.39. The highest BCUT2D eigenvalue weighted by atomic mass is 35.5. The van der Waals surface area contributed by atoms with Crippen LogP contribution in [0.25, 0.3) is 16.8 Å². The Balaban J connectivity index is 1.51. The summed E-state index contributed by atoms with van der Waals surface area (Å²) in [6.07, 6.45) is 2.08. The number of aromatic nitrogens is 2. The van der Waals surface area contributed by atoms with Crippen LogP contribution in [0.2, 0.25) is 10.0 Å². The lowest BCUT2D eigenvalue weighted by atomic mass is 10.0. The normalized spacial score (nSPS) is 10.8. The second-order valence-electron chi connectivity index (χ2n) is 7.55. The van der Waals surface area contributed by atoms with Crippen molar-refractivity contribution in [2.45, 2.75) is 13.0 Å². The maximum atomic E-state index is 13.2. The molecular weight excluding hydrogens is 473 g/mol. The molecule has 0 radical (unpaired) electrons. The van der Waals surface area contributed by atoms with Crippen LogP contribution in [0.15, 0.2) is 83.8 Å². The second kappa shape index (κ2) is 10.7. The van der Waals surface area contributed by atoms with Crippen LogP contribution < -0.4 is 10.9 Å². The van der Waals surface area contributed by atoms with Gasteiger partial charge in [-0.3, -0.25) is 9.59 Å². The van der Waals surface area contributed by atoms with Gasteiger partial charge < -0.3 is 10.4 Å². The summed E-state index contributed by atoms with van der Waals surface area (Å²) in [7, 11) is 0. The zero-order chi connectivity index (χ0) is 24.1. The molecule has 0 saturated heterocycles. The van der Waals surface area contributed by atoms with Crippen molar-refractivity contribution in [1.29, 1.82) is 0 Å². The molecule has 3 aromatic carbocycles. The topological polar surface area (TPSA) is 84.2 Å². The summed E-state index contributed by atoms with van der Waals surface area (Å²) in [5.74, 6) is -0.335. The molecule has 0 aliphatic carbocycles. The van der Waals surface area contributed by atoms with Crippen molar-refractivity contribution in [3.8, 4) is 16.8 Å². The van der Waals surface area contributed by atoms with Crippen LogP contribution in [0.4, 0.5) is 0 Å². The van der Waals surface area contributed by atoms with Crippen molar-refractivity contribution in [3.05, 3.63) is 116 Å². The molecule has 0 bridgehead atoms. The lowest BCUT2D eigenvalue weighted by Crippen LogP contribution is -2.26. The third-order valence-electron chi connectivity index (χ3n) is 5.36. The average molecular weight is 494 g/mol. The molecule has 0 fully saturated rings. The zero-order valence-corrected chi connectivity index (χ0v) is 19.6. The summed E-state index contributed by atoms with van der Waals surface area (Å²) in [6, 6.07) is 21.5. The Morgan fingerprint density at radius 1 is 0.941 bits per heavy atom. The number of amides is 1. The van der Waals surface area contributed by atoms with E-state index in [2.05, 4.69) is 10.4 Å². The fraction of sp³-hybridized carbons (Fsp3) is 0.115. The Labute approximate surface area is 206 Å². The van der Waals surface area contributed by atoms with Crippen molar-refractivity contribution in [1.82, 2.24) is 15.1 Å². The van der Waals surface area contributed by atoms with Crippen LogP contribution in [-0.4, -0.2) is 27.3 Å². The van der Waals surface area contributed by atoms with Gasteiger partial charge in [-0.1, -0.05) is 71.7 Å². The van der Waals surface area contributed by atoms with E-state index in [1.54, 1.807) is 30.3 Å². The van der Waals surface area contributed by atoms with Gasteiger partial charge in [0.2, 0.25) is 0 Å². The van der Waals surface area contributed by atoms with Crippen LogP contribution in [0, 0.1) is 0 Å².